The van der Waals surface area contributed by atoms with E-state index >= 15 is 0 Å². The molecule has 0 saturated carbocycles. The Balaban J connectivity index is 2.14. The first kappa shape index (κ1) is 8.18. The second-order valence-electron chi connectivity index (χ2n) is 2.63. The molecule has 0 aliphatic rings. The lowest BCUT2D eigenvalue weighted by atomic mass is 10.6. The topological polar surface area (TPSA) is 55.6 Å². The molecule has 13 heavy (non-hydrogen) atoms. The molecule has 0 aliphatic carbocycles. The fourth-order valence-corrected chi connectivity index (χ4v) is 1.54. The zero-order chi connectivity index (χ0) is 9.26. The van der Waals surface area contributed by atoms with E-state index in [4.69, 9.17) is 0 Å². The van der Waals surface area contributed by atoms with Crippen molar-refractivity contribution in [1.82, 2.24) is 20.0 Å². The number of hydrogen-bond acceptors (Lipinski definition) is 5. The summed E-state index contributed by atoms with van der Waals surface area (Å²) >= 11 is 1.51. The predicted molar refractivity (Wildman–Crippen MR) is 51.1 cm³/mol. The smallest absolute Gasteiger partial charge is 0.211 e. The standard InChI is InChI=1S/C7H9N5S/c1-5-9-10-7(13-5)8-6-3-4-12(2)11-6/h3-4H,1-2H3,(H,8,10,11). The molecule has 68 valence electrons. The van der Waals surface area contributed by atoms with Gasteiger partial charge in [0, 0.05) is 19.3 Å². The number of nitrogens with zero attached hydrogens (tertiary/aromatic N) is 4. The minimum Gasteiger partial charge on any atom is -0.313 e. The average Bonchev–Trinajstić information content (AvgIpc) is 2.62. The molecule has 0 saturated heterocycles. The van der Waals surface area contributed by atoms with Gasteiger partial charge >= 0.3 is 0 Å². The minimum absolute atomic E-state index is 0.774. The van der Waals surface area contributed by atoms with E-state index in [1.165, 1.54) is 11.3 Å². The highest BCUT2D eigenvalue weighted by Gasteiger charge is 2.01. The van der Waals surface area contributed by atoms with E-state index in [0.717, 1.165) is 16.0 Å². The Bertz CT molecular complexity index is 366. The van der Waals surface area contributed by atoms with Crippen LogP contribution in [0.2, 0.25) is 0 Å². The monoisotopic (exact) mass is 195 g/mol. The van der Waals surface area contributed by atoms with Gasteiger partial charge in [0.1, 0.15) is 5.01 Å². The lowest BCUT2D eigenvalue weighted by Gasteiger charge is -1.93. The molecule has 2 rings (SSSR count). The number of nitrogens with one attached hydrogen (secondary N) is 1. The Morgan fingerprint density at radius 1 is 1.46 bits per heavy atom. The number of hydrogen-bond donors (Lipinski definition) is 1. The summed E-state index contributed by atoms with van der Waals surface area (Å²) in [7, 11) is 1.87. The summed E-state index contributed by atoms with van der Waals surface area (Å²) in [5.41, 5.74) is 0. The number of rotatable bonds is 2. The molecule has 0 atom stereocenters. The molecule has 5 nitrogen and oxygen atoms in total. The fourth-order valence-electron chi connectivity index (χ4n) is 0.938. The van der Waals surface area contributed by atoms with Crippen LogP contribution in [0.4, 0.5) is 10.9 Å². The van der Waals surface area contributed by atoms with Crippen molar-refractivity contribution in [3.05, 3.63) is 17.3 Å². The number of anilines is 2. The van der Waals surface area contributed by atoms with Gasteiger partial charge in [0.15, 0.2) is 5.82 Å². The third kappa shape index (κ3) is 1.83. The summed E-state index contributed by atoms with van der Waals surface area (Å²) in [5, 5.41) is 16.8. The van der Waals surface area contributed by atoms with Crippen LogP contribution in [0.1, 0.15) is 5.01 Å². The zero-order valence-electron chi connectivity index (χ0n) is 7.35. The molecule has 0 unspecified atom stereocenters. The van der Waals surface area contributed by atoms with Crippen molar-refractivity contribution >= 4 is 22.3 Å². The Morgan fingerprint density at radius 2 is 2.31 bits per heavy atom. The molecule has 0 aromatic carbocycles. The molecule has 0 radical (unpaired) electrons. The van der Waals surface area contributed by atoms with Gasteiger partial charge in [-0.15, -0.1) is 10.2 Å². The van der Waals surface area contributed by atoms with Gasteiger partial charge < -0.3 is 5.32 Å². The van der Waals surface area contributed by atoms with Crippen LogP contribution in [0.15, 0.2) is 12.3 Å². The largest absolute Gasteiger partial charge is 0.313 e. The van der Waals surface area contributed by atoms with Gasteiger partial charge in [-0.3, -0.25) is 4.68 Å². The number of aryl methyl sites for hydroxylation is 2. The van der Waals surface area contributed by atoms with Crippen LogP contribution in [0, 0.1) is 6.92 Å². The second kappa shape index (κ2) is 3.14. The molecule has 6 heteroatoms. The molecular formula is C7H9N5S. The third-order valence-electron chi connectivity index (χ3n) is 1.47. The lowest BCUT2D eigenvalue weighted by Crippen LogP contribution is -1.92. The van der Waals surface area contributed by atoms with Crippen molar-refractivity contribution < 1.29 is 0 Å². The summed E-state index contributed by atoms with van der Waals surface area (Å²) in [6.07, 6.45) is 1.87. The second-order valence-corrected chi connectivity index (χ2v) is 3.81. The van der Waals surface area contributed by atoms with Crippen molar-refractivity contribution in [2.24, 2.45) is 7.05 Å². The van der Waals surface area contributed by atoms with Crippen LogP contribution in [0.5, 0.6) is 0 Å². The molecule has 0 fully saturated rings. The van der Waals surface area contributed by atoms with Crippen molar-refractivity contribution in [2.75, 3.05) is 5.32 Å². The molecule has 2 aromatic heterocycles. The van der Waals surface area contributed by atoms with Gasteiger partial charge in [-0.2, -0.15) is 5.10 Å². The van der Waals surface area contributed by atoms with E-state index in [-0.39, 0.29) is 0 Å². The minimum atomic E-state index is 0.774. The third-order valence-corrected chi connectivity index (χ3v) is 2.23. The van der Waals surface area contributed by atoms with Gasteiger partial charge in [-0.25, -0.2) is 0 Å². The van der Waals surface area contributed by atoms with E-state index in [9.17, 15) is 0 Å². The summed E-state index contributed by atoms with van der Waals surface area (Å²) < 4.78 is 1.73. The molecular weight excluding hydrogens is 186 g/mol. The van der Waals surface area contributed by atoms with Crippen molar-refractivity contribution in [3.63, 3.8) is 0 Å². The van der Waals surface area contributed by atoms with E-state index in [0.29, 0.717) is 0 Å². The van der Waals surface area contributed by atoms with E-state index < -0.39 is 0 Å². The van der Waals surface area contributed by atoms with E-state index in [1.54, 1.807) is 4.68 Å². The SMILES string of the molecule is Cc1nnc(Nc2ccn(C)n2)s1. The van der Waals surface area contributed by atoms with Gasteiger partial charge in [0.2, 0.25) is 5.13 Å². The van der Waals surface area contributed by atoms with Crippen LogP contribution >= 0.6 is 11.3 Å². The fraction of sp³-hybridized carbons (Fsp3) is 0.286. The van der Waals surface area contributed by atoms with Crippen molar-refractivity contribution in [2.45, 2.75) is 6.92 Å². The maximum atomic E-state index is 4.16. The van der Waals surface area contributed by atoms with E-state index in [1.807, 2.05) is 26.2 Å². The Kier molecular flexibility index (Phi) is 1.97. The van der Waals surface area contributed by atoms with E-state index in [2.05, 4.69) is 20.6 Å². The first-order valence-electron chi connectivity index (χ1n) is 3.81. The highest BCUT2D eigenvalue weighted by Crippen LogP contribution is 2.17. The highest BCUT2D eigenvalue weighted by molar-refractivity contribution is 7.15. The first-order valence-corrected chi connectivity index (χ1v) is 4.62. The summed E-state index contributed by atoms with van der Waals surface area (Å²) in [6, 6.07) is 1.89. The van der Waals surface area contributed by atoms with Gasteiger partial charge in [0.05, 0.1) is 0 Å². The summed E-state index contributed by atoms with van der Waals surface area (Å²) in [4.78, 5) is 0. The van der Waals surface area contributed by atoms with Crippen LogP contribution < -0.4 is 5.32 Å². The van der Waals surface area contributed by atoms with Gasteiger partial charge in [0.25, 0.3) is 0 Å². The molecule has 0 aliphatic heterocycles. The Morgan fingerprint density at radius 3 is 2.85 bits per heavy atom. The first-order chi connectivity index (χ1) is 6.24. The maximum absolute atomic E-state index is 4.16. The lowest BCUT2D eigenvalue weighted by molar-refractivity contribution is 0.771. The molecule has 2 aromatic rings. The molecule has 2 heterocycles. The maximum Gasteiger partial charge on any atom is 0.211 e. The molecule has 1 N–H and O–H groups in total. The molecule has 0 spiro atoms. The number of aromatic nitrogens is 4. The summed E-state index contributed by atoms with van der Waals surface area (Å²) in [6.45, 7) is 1.92. The van der Waals surface area contributed by atoms with Gasteiger partial charge in [-0.05, 0) is 6.92 Å². The van der Waals surface area contributed by atoms with Crippen molar-refractivity contribution in [1.29, 1.82) is 0 Å². The predicted octanol–water partition coefficient (Wildman–Crippen LogP) is 1.32. The highest BCUT2D eigenvalue weighted by atomic mass is 32.1. The van der Waals surface area contributed by atoms with Crippen LogP contribution in [-0.2, 0) is 7.05 Å². The summed E-state index contributed by atoms with van der Waals surface area (Å²) in [5.74, 6) is 0.790. The van der Waals surface area contributed by atoms with Gasteiger partial charge in [-0.1, -0.05) is 11.3 Å². The zero-order valence-corrected chi connectivity index (χ0v) is 8.17. The van der Waals surface area contributed by atoms with Crippen LogP contribution in [0.3, 0.4) is 0 Å². The average molecular weight is 195 g/mol. The Hall–Kier alpha value is -1.43. The van der Waals surface area contributed by atoms with Crippen molar-refractivity contribution in [3.8, 4) is 0 Å². The normalized spacial score (nSPS) is 10.3. The quantitative estimate of drug-likeness (QED) is 0.785. The van der Waals surface area contributed by atoms with Crippen LogP contribution in [0.25, 0.3) is 0 Å². The van der Waals surface area contributed by atoms with Crippen LogP contribution in [-0.4, -0.2) is 20.0 Å². The molecule has 0 bridgehead atoms. The Labute approximate surface area is 79.4 Å². The molecule has 0 amide bonds.